The van der Waals surface area contributed by atoms with Crippen molar-refractivity contribution >= 4 is 17.3 Å². The molecule has 0 fully saturated rings. The van der Waals surface area contributed by atoms with E-state index in [0.29, 0.717) is 0 Å². The van der Waals surface area contributed by atoms with Crippen LogP contribution in [0.1, 0.15) is 0 Å². The molecular formula is C6H6ClNO2. The van der Waals surface area contributed by atoms with E-state index in [9.17, 15) is 0 Å². The Morgan fingerprint density at radius 2 is 1.90 bits per heavy atom. The van der Waals surface area contributed by atoms with Gasteiger partial charge in [0.1, 0.15) is 5.02 Å². The first-order chi connectivity index (χ1) is 4.63. The summed E-state index contributed by atoms with van der Waals surface area (Å²) in [5.41, 5.74) is 5.53. The minimum Gasteiger partial charge on any atom is -0.504 e. The molecule has 0 aliphatic rings. The molecule has 0 heterocycles. The molecule has 0 unspecified atom stereocenters. The van der Waals surface area contributed by atoms with Crippen LogP contribution in [0.3, 0.4) is 0 Å². The minimum atomic E-state index is -0.373. The van der Waals surface area contributed by atoms with Gasteiger partial charge in [0.25, 0.3) is 0 Å². The zero-order valence-corrected chi connectivity index (χ0v) is 5.76. The number of hydrogen-bond donors (Lipinski definition) is 3. The van der Waals surface area contributed by atoms with Crippen molar-refractivity contribution in [1.82, 2.24) is 0 Å². The minimum absolute atomic E-state index is 0.0139. The van der Waals surface area contributed by atoms with Gasteiger partial charge in [-0.2, -0.15) is 0 Å². The molecular weight excluding hydrogens is 154 g/mol. The number of rotatable bonds is 0. The summed E-state index contributed by atoms with van der Waals surface area (Å²) >= 11 is 5.45. The number of anilines is 1. The fourth-order valence-corrected chi connectivity index (χ4v) is 0.730. The van der Waals surface area contributed by atoms with Gasteiger partial charge in [0.2, 0.25) is 0 Å². The monoisotopic (exact) mass is 159 g/mol. The SMILES string of the molecule is Nc1ccc(O)c(O)c1Cl. The molecule has 0 aliphatic heterocycles. The molecule has 0 atom stereocenters. The van der Waals surface area contributed by atoms with Crippen LogP contribution in [0.15, 0.2) is 12.1 Å². The van der Waals surface area contributed by atoms with Gasteiger partial charge in [-0.3, -0.25) is 0 Å². The average molecular weight is 160 g/mol. The normalized spacial score (nSPS) is 9.70. The van der Waals surface area contributed by atoms with E-state index in [1.54, 1.807) is 0 Å². The predicted molar refractivity (Wildman–Crippen MR) is 39.2 cm³/mol. The van der Waals surface area contributed by atoms with Crippen LogP contribution < -0.4 is 5.73 Å². The lowest BCUT2D eigenvalue weighted by atomic mass is 10.3. The van der Waals surface area contributed by atoms with Crippen LogP contribution >= 0.6 is 11.6 Å². The molecule has 0 aliphatic carbocycles. The van der Waals surface area contributed by atoms with Gasteiger partial charge < -0.3 is 15.9 Å². The number of phenolic OH excluding ortho intramolecular Hbond substituents is 2. The third-order valence-corrected chi connectivity index (χ3v) is 1.52. The molecule has 0 saturated heterocycles. The molecule has 0 aromatic heterocycles. The smallest absolute Gasteiger partial charge is 0.178 e. The van der Waals surface area contributed by atoms with Crippen LogP contribution in [0.25, 0.3) is 0 Å². The van der Waals surface area contributed by atoms with Crippen molar-refractivity contribution < 1.29 is 10.2 Å². The van der Waals surface area contributed by atoms with Crippen molar-refractivity contribution in [2.75, 3.05) is 5.73 Å². The average Bonchev–Trinajstić information content (AvgIpc) is 1.93. The maximum atomic E-state index is 8.93. The fourth-order valence-electron chi connectivity index (χ4n) is 0.570. The van der Waals surface area contributed by atoms with Gasteiger partial charge in [-0.1, -0.05) is 11.6 Å². The van der Waals surface area contributed by atoms with Crippen molar-refractivity contribution in [3.05, 3.63) is 17.2 Å². The second-order valence-corrected chi connectivity index (χ2v) is 2.21. The molecule has 3 nitrogen and oxygen atoms in total. The summed E-state index contributed by atoms with van der Waals surface area (Å²) < 4.78 is 0. The number of aromatic hydroxyl groups is 2. The third-order valence-electron chi connectivity index (χ3n) is 1.12. The molecule has 1 aromatic rings. The van der Waals surface area contributed by atoms with Crippen LogP contribution in [0.4, 0.5) is 5.69 Å². The maximum absolute atomic E-state index is 8.93. The Hall–Kier alpha value is -1.09. The Morgan fingerprint density at radius 3 is 2.40 bits per heavy atom. The Balaban J connectivity index is 3.34. The second-order valence-electron chi connectivity index (χ2n) is 1.84. The molecule has 1 aromatic carbocycles. The lowest BCUT2D eigenvalue weighted by Crippen LogP contribution is -1.85. The number of nitrogens with two attached hydrogens (primary N) is 1. The van der Waals surface area contributed by atoms with Crippen molar-refractivity contribution in [2.24, 2.45) is 0 Å². The van der Waals surface area contributed by atoms with E-state index >= 15 is 0 Å². The summed E-state index contributed by atoms with van der Waals surface area (Å²) in [5.74, 6) is -0.638. The molecule has 54 valence electrons. The van der Waals surface area contributed by atoms with Gasteiger partial charge in [0.15, 0.2) is 11.5 Å². The molecule has 0 amide bonds. The third kappa shape index (κ3) is 0.953. The van der Waals surface area contributed by atoms with E-state index in [2.05, 4.69) is 0 Å². The van der Waals surface area contributed by atoms with Gasteiger partial charge in [0.05, 0.1) is 5.69 Å². The van der Waals surface area contributed by atoms with Crippen LogP contribution in [0.2, 0.25) is 5.02 Å². The Morgan fingerprint density at radius 1 is 1.30 bits per heavy atom. The zero-order chi connectivity index (χ0) is 7.72. The van der Waals surface area contributed by atoms with E-state index in [4.69, 9.17) is 27.5 Å². The molecule has 0 spiro atoms. The summed E-state index contributed by atoms with van der Waals surface area (Å²) in [7, 11) is 0. The topological polar surface area (TPSA) is 66.5 Å². The summed E-state index contributed by atoms with van der Waals surface area (Å²) in [6.07, 6.45) is 0. The largest absolute Gasteiger partial charge is 0.504 e. The first-order valence-corrected chi connectivity index (χ1v) is 2.96. The second kappa shape index (κ2) is 2.27. The molecule has 0 saturated carbocycles. The zero-order valence-electron chi connectivity index (χ0n) is 5.00. The molecule has 4 N–H and O–H groups in total. The number of nitrogen functional groups attached to an aromatic ring is 1. The first-order valence-electron chi connectivity index (χ1n) is 2.59. The van der Waals surface area contributed by atoms with Crippen LogP contribution in [0, 0.1) is 0 Å². The van der Waals surface area contributed by atoms with Crippen LogP contribution in [0.5, 0.6) is 11.5 Å². The molecule has 4 heteroatoms. The predicted octanol–water partition coefficient (Wildman–Crippen LogP) is 1.33. The van der Waals surface area contributed by atoms with E-state index in [0.717, 1.165) is 0 Å². The quantitative estimate of drug-likeness (QED) is 0.304. The van der Waals surface area contributed by atoms with Crippen molar-refractivity contribution in [1.29, 1.82) is 0 Å². The number of benzene rings is 1. The van der Waals surface area contributed by atoms with Crippen molar-refractivity contribution in [3.8, 4) is 11.5 Å². The first kappa shape index (κ1) is 7.02. The van der Waals surface area contributed by atoms with Crippen molar-refractivity contribution in [2.45, 2.75) is 0 Å². The van der Waals surface area contributed by atoms with E-state index in [1.165, 1.54) is 12.1 Å². The molecule has 0 bridgehead atoms. The van der Waals surface area contributed by atoms with Gasteiger partial charge in [-0.25, -0.2) is 0 Å². The standard InChI is InChI=1S/C6H6ClNO2/c7-5-3(8)1-2-4(9)6(5)10/h1-2,9-10H,8H2. The van der Waals surface area contributed by atoms with Crippen LogP contribution in [-0.4, -0.2) is 10.2 Å². The highest BCUT2D eigenvalue weighted by atomic mass is 35.5. The summed E-state index contributed by atoms with van der Waals surface area (Å²) in [6, 6.07) is 2.69. The Bertz CT molecular complexity index is 235. The van der Waals surface area contributed by atoms with Gasteiger partial charge in [-0.15, -0.1) is 0 Å². The number of phenols is 2. The number of hydrogen-bond acceptors (Lipinski definition) is 3. The molecule has 1 rings (SSSR count). The van der Waals surface area contributed by atoms with Gasteiger partial charge in [-0.05, 0) is 12.1 Å². The molecule has 0 radical (unpaired) electrons. The van der Waals surface area contributed by atoms with E-state index in [-0.39, 0.29) is 22.2 Å². The summed E-state index contributed by atoms with van der Waals surface area (Å²) in [4.78, 5) is 0. The molecule has 10 heavy (non-hydrogen) atoms. The lowest BCUT2D eigenvalue weighted by Gasteiger charge is -2.01. The fraction of sp³-hybridized carbons (Fsp3) is 0. The lowest BCUT2D eigenvalue weighted by molar-refractivity contribution is 0.404. The van der Waals surface area contributed by atoms with Gasteiger partial charge >= 0.3 is 0 Å². The maximum Gasteiger partial charge on any atom is 0.178 e. The highest BCUT2D eigenvalue weighted by Gasteiger charge is 2.06. The van der Waals surface area contributed by atoms with Crippen molar-refractivity contribution in [3.63, 3.8) is 0 Å². The summed E-state index contributed by atoms with van der Waals surface area (Å²) in [5, 5.41) is 17.7. The van der Waals surface area contributed by atoms with E-state index in [1.807, 2.05) is 0 Å². The highest BCUT2D eigenvalue weighted by molar-refractivity contribution is 6.34. The highest BCUT2D eigenvalue weighted by Crippen LogP contribution is 2.36. The Kier molecular flexibility index (Phi) is 1.59. The van der Waals surface area contributed by atoms with Crippen LogP contribution in [-0.2, 0) is 0 Å². The number of halogens is 1. The summed E-state index contributed by atoms with van der Waals surface area (Å²) in [6.45, 7) is 0. The van der Waals surface area contributed by atoms with Gasteiger partial charge in [0, 0.05) is 0 Å². The van der Waals surface area contributed by atoms with E-state index < -0.39 is 0 Å². The Labute approximate surface area is 62.7 Å².